The summed E-state index contributed by atoms with van der Waals surface area (Å²) in [5.74, 6) is -0.519. The zero-order chi connectivity index (χ0) is 20.3. The van der Waals surface area contributed by atoms with Crippen molar-refractivity contribution in [2.75, 3.05) is 10.0 Å². The molecule has 0 bridgehead atoms. The summed E-state index contributed by atoms with van der Waals surface area (Å²) in [5, 5.41) is 11.8. The van der Waals surface area contributed by atoms with Crippen LogP contribution in [0, 0.1) is 0 Å². The van der Waals surface area contributed by atoms with Crippen LogP contribution in [0.25, 0.3) is 0 Å². The molecule has 11 heteroatoms. The van der Waals surface area contributed by atoms with Gasteiger partial charge in [-0.3, -0.25) is 14.8 Å². The predicted molar refractivity (Wildman–Crippen MR) is 111 cm³/mol. The largest absolute Gasteiger partial charge is 0.296 e. The Labute approximate surface area is 175 Å². The van der Waals surface area contributed by atoms with Gasteiger partial charge in [0.05, 0.1) is 16.3 Å². The summed E-state index contributed by atoms with van der Waals surface area (Å²) in [4.78, 5) is 12.4. The number of rotatable bonds is 6. The van der Waals surface area contributed by atoms with Crippen LogP contribution in [-0.4, -0.2) is 24.5 Å². The van der Waals surface area contributed by atoms with Gasteiger partial charge in [0.15, 0.2) is 0 Å². The molecule has 0 saturated heterocycles. The molecule has 0 atom stereocenters. The molecule has 7 nitrogen and oxygen atoms in total. The minimum Gasteiger partial charge on any atom is -0.296 e. The Morgan fingerprint density at radius 2 is 1.89 bits per heavy atom. The normalized spacial score (nSPS) is 11.2. The van der Waals surface area contributed by atoms with Crippen molar-refractivity contribution in [2.45, 2.75) is 18.2 Å². The molecule has 3 rings (SSSR count). The fourth-order valence-electron chi connectivity index (χ4n) is 2.26. The Kier molecular flexibility index (Phi) is 6.19. The molecule has 2 N–H and O–H groups in total. The Balaban J connectivity index is 1.89. The Bertz CT molecular complexity index is 1130. The van der Waals surface area contributed by atoms with Gasteiger partial charge in [-0.25, -0.2) is 8.42 Å². The number of nitrogens with one attached hydrogen (secondary N) is 2. The first-order valence-electron chi connectivity index (χ1n) is 8.01. The van der Waals surface area contributed by atoms with E-state index in [0.717, 1.165) is 5.01 Å². The molecule has 1 heterocycles. The molecular formula is C17H14Cl2N4O3S2. The summed E-state index contributed by atoms with van der Waals surface area (Å²) in [5.41, 5.74) is 0.216. The van der Waals surface area contributed by atoms with Gasteiger partial charge in [-0.05, 0) is 36.8 Å². The van der Waals surface area contributed by atoms with Gasteiger partial charge in [-0.2, -0.15) is 0 Å². The third-order valence-corrected chi connectivity index (χ3v) is 6.65. The van der Waals surface area contributed by atoms with Crippen LogP contribution < -0.4 is 10.0 Å². The number of aromatic nitrogens is 2. The standard InChI is InChI=1S/C17H14Cl2N4O3S2/c1-2-15-21-22-17(27-15)20-16(24)11-5-3-4-6-13(11)23-28(25,26)14-9-10(18)7-8-12(14)19/h3-9,23H,2H2,1H3,(H,20,22,24). The Hall–Kier alpha value is -2.20. The smallest absolute Gasteiger partial charge is 0.263 e. The van der Waals surface area contributed by atoms with E-state index in [2.05, 4.69) is 20.2 Å². The Morgan fingerprint density at radius 1 is 1.14 bits per heavy atom. The van der Waals surface area contributed by atoms with Crippen molar-refractivity contribution in [3.63, 3.8) is 0 Å². The van der Waals surface area contributed by atoms with E-state index in [9.17, 15) is 13.2 Å². The highest BCUT2D eigenvalue weighted by Crippen LogP contribution is 2.28. The maximum absolute atomic E-state index is 12.7. The molecule has 3 aromatic rings. The van der Waals surface area contributed by atoms with Crippen molar-refractivity contribution in [1.82, 2.24) is 10.2 Å². The van der Waals surface area contributed by atoms with E-state index in [0.29, 0.717) is 11.6 Å². The van der Waals surface area contributed by atoms with Crippen molar-refractivity contribution in [1.29, 1.82) is 0 Å². The molecule has 2 aromatic carbocycles. The fourth-order valence-corrected chi connectivity index (χ4v) is 4.78. The maximum Gasteiger partial charge on any atom is 0.263 e. The van der Waals surface area contributed by atoms with Gasteiger partial charge in [0, 0.05) is 5.02 Å². The summed E-state index contributed by atoms with van der Waals surface area (Å²) >= 11 is 13.1. The lowest BCUT2D eigenvalue weighted by Gasteiger charge is -2.13. The van der Waals surface area contributed by atoms with Crippen LogP contribution in [-0.2, 0) is 16.4 Å². The van der Waals surface area contributed by atoms with Gasteiger partial charge in [0.25, 0.3) is 15.9 Å². The molecule has 0 aliphatic carbocycles. The molecule has 146 valence electrons. The second-order valence-corrected chi connectivity index (χ2v) is 9.09. The van der Waals surface area contributed by atoms with Crippen LogP contribution in [0.2, 0.25) is 10.0 Å². The second kappa shape index (κ2) is 8.44. The first kappa shape index (κ1) is 20.5. The molecule has 0 spiro atoms. The molecular weight excluding hydrogens is 443 g/mol. The van der Waals surface area contributed by atoms with Crippen LogP contribution in [0.5, 0.6) is 0 Å². The van der Waals surface area contributed by atoms with Crippen LogP contribution >= 0.6 is 34.5 Å². The number of benzene rings is 2. The second-order valence-electron chi connectivity index (χ2n) is 5.53. The molecule has 0 aliphatic rings. The lowest BCUT2D eigenvalue weighted by atomic mass is 10.2. The van der Waals surface area contributed by atoms with Gasteiger partial charge in [-0.15, -0.1) is 10.2 Å². The first-order chi connectivity index (χ1) is 13.3. The van der Waals surface area contributed by atoms with E-state index < -0.39 is 15.9 Å². The number of carbonyl (C=O) groups excluding carboxylic acids is 1. The highest BCUT2D eigenvalue weighted by Gasteiger charge is 2.22. The number of hydrogen-bond donors (Lipinski definition) is 2. The van der Waals surface area contributed by atoms with E-state index in [4.69, 9.17) is 23.2 Å². The zero-order valence-corrected chi connectivity index (χ0v) is 17.6. The average Bonchev–Trinajstić information content (AvgIpc) is 3.11. The van der Waals surface area contributed by atoms with Crippen LogP contribution in [0.4, 0.5) is 10.8 Å². The monoisotopic (exact) mass is 456 g/mol. The minimum absolute atomic E-state index is 0.0137. The molecule has 1 aromatic heterocycles. The highest BCUT2D eigenvalue weighted by atomic mass is 35.5. The molecule has 28 heavy (non-hydrogen) atoms. The fraction of sp³-hybridized carbons (Fsp3) is 0.118. The van der Waals surface area contributed by atoms with Crippen molar-refractivity contribution in [3.05, 3.63) is 63.1 Å². The number of nitrogens with zero attached hydrogens (tertiary/aromatic N) is 2. The van der Waals surface area contributed by atoms with E-state index >= 15 is 0 Å². The van der Waals surface area contributed by atoms with Gasteiger partial charge in [0.2, 0.25) is 5.13 Å². The van der Waals surface area contributed by atoms with Gasteiger partial charge in [-0.1, -0.05) is 53.6 Å². The van der Waals surface area contributed by atoms with Crippen molar-refractivity contribution in [2.24, 2.45) is 0 Å². The van der Waals surface area contributed by atoms with Crippen molar-refractivity contribution in [3.8, 4) is 0 Å². The molecule has 0 radical (unpaired) electrons. The Morgan fingerprint density at radius 3 is 2.61 bits per heavy atom. The summed E-state index contributed by atoms with van der Waals surface area (Å²) < 4.78 is 27.9. The van der Waals surface area contributed by atoms with Gasteiger partial charge < -0.3 is 0 Å². The molecule has 1 amide bonds. The third-order valence-electron chi connectivity index (χ3n) is 3.59. The van der Waals surface area contributed by atoms with E-state index in [-0.39, 0.29) is 26.2 Å². The molecule has 0 unspecified atom stereocenters. The number of amides is 1. The summed E-state index contributed by atoms with van der Waals surface area (Å²) in [6, 6.07) is 10.3. The van der Waals surface area contributed by atoms with Crippen LogP contribution in [0.15, 0.2) is 47.4 Å². The zero-order valence-electron chi connectivity index (χ0n) is 14.4. The molecule has 0 fully saturated rings. The minimum atomic E-state index is -4.07. The topological polar surface area (TPSA) is 101 Å². The van der Waals surface area contributed by atoms with Crippen LogP contribution in [0.3, 0.4) is 0 Å². The summed E-state index contributed by atoms with van der Waals surface area (Å²) in [6.45, 7) is 1.93. The lowest BCUT2D eigenvalue weighted by molar-refractivity contribution is 0.102. The van der Waals surface area contributed by atoms with E-state index in [1.165, 1.54) is 41.7 Å². The SMILES string of the molecule is CCc1nnc(NC(=O)c2ccccc2NS(=O)(=O)c2cc(Cl)ccc2Cl)s1. The number of hydrogen-bond acceptors (Lipinski definition) is 6. The van der Waals surface area contributed by atoms with Crippen molar-refractivity contribution >= 4 is 61.3 Å². The van der Waals surface area contributed by atoms with E-state index in [1.807, 2.05) is 6.92 Å². The number of para-hydroxylation sites is 1. The predicted octanol–water partition coefficient (Wildman–Crippen LogP) is 4.46. The quantitative estimate of drug-likeness (QED) is 0.569. The molecule has 0 aliphatic heterocycles. The number of halogens is 2. The average molecular weight is 457 g/mol. The highest BCUT2D eigenvalue weighted by molar-refractivity contribution is 7.92. The number of anilines is 2. The lowest BCUT2D eigenvalue weighted by Crippen LogP contribution is -2.19. The summed E-state index contributed by atoms with van der Waals surface area (Å²) in [7, 11) is -4.07. The maximum atomic E-state index is 12.7. The van der Waals surface area contributed by atoms with Crippen LogP contribution in [0.1, 0.15) is 22.3 Å². The van der Waals surface area contributed by atoms with Crippen molar-refractivity contribution < 1.29 is 13.2 Å². The number of aryl methyl sites for hydroxylation is 1. The van der Waals surface area contributed by atoms with E-state index in [1.54, 1.807) is 12.1 Å². The summed E-state index contributed by atoms with van der Waals surface area (Å²) in [6.07, 6.45) is 0.699. The number of sulfonamides is 1. The third kappa shape index (κ3) is 4.61. The van der Waals surface area contributed by atoms with Gasteiger partial charge in [0.1, 0.15) is 9.90 Å². The first-order valence-corrected chi connectivity index (χ1v) is 11.1. The van der Waals surface area contributed by atoms with Gasteiger partial charge >= 0.3 is 0 Å². The number of carbonyl (C=O) groups is 1. The molecule has 0 saturated carbocycles.